The average Bonchev–Trinajstić information content (AvgIpc) is 2.72. The number of rotatable bonds is 3. The number of nitrogens with one attached hydrogen (secondary N) is 1. The van der Waals surface area contributed by atoms with E-state index in [0.717, 1.165) is 5.82 Å². The van der Waals surface area contributed by atoms with Crippen LogP contribution in [0.1, 0.15) is 16.2 Å². The fraction of sp³-hybridized carbons (Fsp3) is 0.167. The molecule has 0 aliphatic heterocycles. The van der Waals surface area contributed by atoms with Gasteiger partial charge in [-0.15, -0.1) is 0 Å². The Kier molecular flexibility index (Phi) is 3.09. The van der Waals surface area contributed by atoms with Crippen molar-refractivity contribution in [3.8, 4) is 5.75 Å². The predicted molar refractivity (Wildman–Crippen MR) is 62.5 cm³/mol. The molecular formula is C12H13N3O2. The van der Waals surface area contributed by atoms with E-state index in [1.54, 1.807) is 18.3 Å². The summed E-state index contributed by atoms with van der Waals surface area (Å²) in [7, 11) is 1.86. The SMILES string of the molecule is Cn1ccnc1CNC(=O)c1cccc(O)c1. The van der Waals surface area contributed by atoms with Crippen LogP contribution in [0.15, 0.2) is 36.7 Å². The third-order valence-corrected chi connectivity index (χ3v) is 2.44. The van der Waals surface area contributed by atoms with Crippen LogP contribution in [0, 0.1) is 0 Å². The second-order valence-electron chi connectivity index (χ2n) is 3.69. The molecule has 1 heterocycles. The van der Waals surface area contributed by atoms with Gasteiger partial charge in [0.1, 0.15) is 11.6 Å². The first kappa shape index (κ1) is 11.2. The van der Waals surface area contributed by atoms with Crippen molar-refractivity contribution in [2.75, 3.05) is 0 Å². The summed E-state index contributed by atoms with van der Waals surface area (Å²) in [5, 5.41) is 12.0. The van der Waals surface area contributed by atoms with Crippen molar-refractivity contribution in [3.63, 3.8) is 0 Å². The molecule has 1 aromatic heterocycles. The zero-order chi connectivity index (χ0) is 12.3. The molecule has 5 heteroatoms. The smallest absolute Gasteiger partial charge is 0.251 e. The van der Waals surface area contributed by atoms with Crippen LogP contribution in [0.4, 0.5) is 0 Å². The number of hydrogen-bond donors (Lipinski definition) is 2. The molecule has 0 fully saturated rings. The lowest BCUT2D eigenvalue weighted by atomic mass is 10.2. The van der Waals surface area contributed by atoms with Gasteiger partial charge in [0.15, 0.2) is 0 Å². The normalized spacial score (nSPS) is 10.2. The number of carbonyl (C=O) groups is 1. The van der Waals surface area contributed by atoms with Crippen molar-refractivity contribution >= 4 is 5.91 Å². The summed E-state index contributed by atoms with van der Waals surface area (Å²) < 4.78 is 1.84. The van der Waals surface area contributed by atoms with E-state index < -0.39 is 0 Å². The number of amides is 1. The summed E-state index contributed by atoms with van der Waals surface area (Å²) in [4.78, 5) is 15.8. The van der Waals surface area contributed by atoms with Crippen molar-refractivity contribution in [1.82, 2.24) is 14.9 Å². The Balaban J connectivity index is 2.01. The minimum absolute atomic E-state index is 0.0784. The van der Waals surface area contributed by atoms with E-state index in [4.69, 9.17) is 0 Å². The van der Waals surface area contributed by atoms with Crippen LogP contribution in [-0.2, 0) is 13.6 Å². The topological polar surface area (TPSA) is 67.2 Å². The summed E-state index contributed by atoms with van der Waals surface area (Å²) in [6.45, 7) is 0.359. The third-order valence-electron chi connectivity index (χ3n) is 2.44. The first-order chi connectivity index (χ1) is 8.16. The molecule has 0 aliphatic rings. The maximum absolute atomic E-state index is 11.7. The van der Waals surface area contributed by atoms with Crippen LogP contribution in [0.25, 0.3) is 0 Å². The van der Waals surface area contributed by atoms with E-state index in [9.17, 15) is 9.90 Å². The third kappa shape index (κ3) is 2.63. The number of aromatic nitrogens is 2. The van der Waals surface area contributed by atoms with Crippen LogP contribution in [-0.4, -0.2) is 20.6 Å². The molecule has 0 spiro atoms. The fourth-order valence-corrected chi connectivity index (χ4v) is 1.48. The summed E-state index contributed by atoms with van der Waals surface area (Å²) >= 11 is 0. The standard InChI is InChI=1S/C12H13N3O2/c1-15-6-5-13-11(15)8-14-12(17)9-3-2-4-10(16)7-9/h2-7,16H,8H2,1H3,(H,14,17). The number of aryl methyl sites for hydroxylation is 1. The lowest BCUT2D eigenvalue weighted by Gasteiger charge is -2.05. The summed E-state index contributed by atoms with van der Waals surface area (Å²) in [6, 6.07) is 6.22. The van der Waals surface area contributed by atoms with Crippen molar-refractivity contribution in [2.45, 2.75) is 6.54 Å². The molecule has 2 rings (SSSR count). The molecule has 1 amide bonds. The Morgan fingerprint density at radius 2 is 2.35 bits per heavy atom. The molecule has 2 N–H and O–H groups in total. The number of carbonyl (C=O) groups excluding carboxylic acids is 1. The average molecular weight is 231 g/mol. The molecule has 1 aromatic carbocycles. The van der Waals surface area contributed by atoms with Gasteiger partial charge in [-0.25, -0.2) is 4.98 Å². The highest BCUT2D eigenvalue weighted by molar-refractivity contribution is 5.94. The maximum atomic E-state index is 11.7. The van der Waals surface area contributed by atoms with Crippen molar-refractivity contribution in [2.24, 2.45) is 7.05 Å². The molecular weight excluding hydrogens is 218 g/mol. The van der Waals surface area contributed by atoms with Crippen LogP contribution in [0.2, 0.25) is 0 Å². The number of aromatic hydroxyl groups is 1. The number of hydrogen-bond acceptors (Lipinski definition) is 3. The van der Waals surface area contributed by atoms with E-state index in [-0.39, 0.29) is 11.7 Å². The molecule has 88 valence electrons. The van der Waals surface area contributed by atoms with Gasteiger partial charge in [-0.2, -0.15) is 0 Å². The Bertz CT molecular complexity index is 534. The second kappa shape index (κ2) is 4.69. The van der Waals surface area contributed by atoms with Gasteiger partial charge >= 0.3 is 0 Å². The van der Waals surface area contributed by atoms with Crippen LogP contribution in [0.3, 0.4) is 0 Å². The highest BCUT2D eigenvalue weighted by Crippen LogP contribution is 2.10. The van der Waals surface area contributed by atoms with Crippen molar-refractivity contribution < 1.29 is 9.90 Å². The highest BCUT2D eigenvalue weighted by atomic mass is 16.3. The summed E-state index contributed by atoms with van der Waals surface area (Å²) in [5.41, 5.74) is 0.430. The van der Waals surface area contributed by atoms with Gasteiger partial charge in [-0.05, 0) is 18.2 Å². The van der Waals surface area contributed by atoms with Crippen LogP contribution < -0.4 is 5.32 Å². The van der Waals surface area contributed by atoms with Crippen molar-refractivity contribution in [1.29, 1.82) is 0 Å². The Morgan fingerprint density at radius 1 is 1.53 bits per heavy atom. The number of phenolic OH excluding ortho intramolecular Hbond substituents is 1. The Morgan fingerprint density at radius 3 is 3.00 bits per heavy atom. The predicted octanol–water partition coefficient (Wildman–Crippen LogP) is 1.06. The molecule has 0 saturated heterocycles. The molecule has 0 atom stereocenters. The monoisotopic (exact) mass is 231 g/mol. The largest absolute Gasteiger partial charge is 0.508 e. The number of benzene rings is 1. The zero-order valence-electron chi connectivity index (χ0n) is 9.42. The summed E-state index contributed by atoms with van der Waals surface area (Å²) in [6.07, 6.45) is 3.49. The minimum atomic E-state index is -0.232. The Labute approximate surface area is 98.7 Å². The first-order valence-electron chi connectivity index (χ1n) is 5.20. The van der Waals surface area contributed by atoms with Crippen LogP contribution >= 0.6 is 0 Å². The number of imidazole rings is 1. The minimum Gasteiger partial charge on any atom is -0.508 e. The van der Waals surface area contributed by atoms with Gasteiger partial charge in [0.2, 0.25) is 0 Å². The lowest BCUT2D eigenvalue weighted by molar-refractivity contribution is 0.0949. The number of phenols is 1. The van der Waals surface area contributed by atoms with Gasteiger partial charge in [0, 0.05) is 25.0 Å². The van der Waals surface area contributed by atoms with E-state index >= 15 is 0 Å². The molecule has 17 heavy (non-hydrogen) atoms. The van der Waals surface area contributed by atoms with E-state index in [1.165, 1.54) is 12.1 Å². The molecule has 2 aromatic rings. The quantitative estimate of drug-likeness (QED) is 0.829. The van der Waals surface area contributed by atoms with Gasteiger partial charge in [0.25, 0.3) is 5.91 Å². The molecule has 0 aliphatic carbocycles. The van der Waals surface area contributed by atoms with Gasteiger partial charge < -0.3 is 15.0 Å². The lowest BCUT2D eigenvalue weighted by Crippen LogP contribution is -2.24. The van der Waals surface area contributed by atoms with Crippen molar-refractivity contribution in [3.05, 3.63) is 48.0 Å². The van der Waals surface area contributed by atoms with Gasteiger partial charge in [0.05, 0.1) is 6.54 Å². The zero-order valence-corrected chi connectivity index (χ0v) is 9.42. The first-order valence-corrected chi connectivity index (χ1v) is 5.20. The van der Waals surface area contributed by atoms with E-state index in [0.29, 0.717) is 12.1 Å². The fourth-order valence-electron chi connectivity index (χ4n) is 1.48. The van der Waals surface area contributed by atoms with Gasteiger partial charge in [-0.1, -0.05) is 6.07 Å². The molecule has 0 radical (unpaired) electrons. The van der Waals surface area contributed by atoms with E-state index in [1.807, 2.05) is 17.8 Å². The molecule has 0 saturated carbocycles. The number of nitrogens with zero attached hydrogens (tertiary/aromatic N) is 2. The van der Waals surface area contributed by atoms with E-state index in [2.05, 4.69) is 10.3 Å². The second-order valence-corrected chi connectivity index (χ2v) is 3.69. The Hall–Kier alpha value is -2.30. The summed E-state index contributed by atoms with van der Waals surface area (Å²) in [5.74, 6) is 0.622. The van der Waals surface area contributed by atoms with Gasteiger partial charge in [-0.3, -0.25) is 4.79 Å². The molecule has 0 bridgehead atoms. The van der Waals surface area contributed by atoms with Crippen LogP contribution in [0.5, 0.6) is 5.75 Å². The molecule has 0 unspecified atom stereocenters. The molecule has 5 nitrogen and oxygen atoms in total. The maximum Gasteiger partial charge on any atom is 0.251 e. The highest BCUT2D eigenvalue weighted by Gasteiger charge is 2.07.